The van der Waals surface area contributed by atoms with Gasteiger partial charge in [-0.15, -0.1) is 0 Å². The summed E-state index contributed by atoms with van der Waals surface area (Å²) in [7, 11) is 0. The Hall–Kier alpha value is -1.55. The van der Waals surface area contributed by atoms with E-state index < -0.39 is 0 Å². The van der Waals surface area contributed by atoms with E-state index in [4.69, 9.17) is 5.73 Å². The summed E-state index contributed by atoms with van der Waals surface area (Å²) in [6.07, 6.45) is 4.51. The Morgan fingerprint density at radius 1 is 1.38 bits per heavy atom. The van der Waals surface area contributed by atoms with Gasteiger partial charge < -0.3 is 10.6 Å². The van der Waals surface area contributed by atoms with Gasteiger partial charge in [-0.05, 0) is 43.4 Å². The van der Waals surface area contributed by atoms with Crippen LogP contribution < -0.4 is 5.73 Å². The highest BCUT2D eigenvalue weighted by Crippen LogP contribution is 2.24. The molecule has 3 rings (SSSR count). The lowest BCUT2D eigenvalue weighted by atomic mass is 9.97. The summed E-state index contributed by atoms with van der Waals surface area (Å²) < 4.78 is 2.13. The Morgan fingerprint density at radius 3 is 3.05 bits per heavy atom. The van der Waals surface area contributed by atoms with Crippen molar-refractivity contribution in [1.29, 1.82) is 0 Å². The Morgan fingerprint density at radius 2 is 2.24 bits per heavy atom. The fourth-order valence-corrected chi connectivity index (χ4v) is 3.50. The summed E-state index contributed by atoms with van der Waals surface area (Å²) in [5.74, 6) is 1.44. The molecule has 1 fully saturated rings. The maximum Gasteiger partial charge on any atom is 0.0703 e. The third kappa shape index (κ3) is 3.21. The van der Waals surface area contributed by atoms with Gasteiger partial charge in [-0.1, -0.05) is 19.9 Å². The molecule has 114 valence electrons. The highest BCUT2D eigenvalue weighted by atomic mass is 15.3. The SMILES string of the molecule is CC(C)CN1CCC[C@@H](Cn2ncc3c(N)cccc32)C1. The molecule has 1 saturated heterocycles. The molecule has 4 nitrogen and oxygen atoms in total. The normalized spacial score (nSPS) is 20.4. The number of hydrogen-bond donors (Lipinski definition) is 1. The minimum atomic E-state index is 0.696. The zero-order chi connectivity index (χ0) is 14.8. The van der Waals surface area contributed by atoms with Crippen molar-refractivity contribution in [2.24, 2.45) is 11.8 Å². The zero-order valence-electron chi connectivity index (χ0n) is 13.1. The van der Waals surface area contributed by atoms with Crippen molar-refractivity contribution in [2.75, 3.05) is 25.4 Å². The van der Waals surface area contributed by atoms with E-state index >= 15 is 0 Å². The van der Waals surface area contributed by atoms with Crippen LogP contribution in [0.1, 0.15) is 26.7 Å². The minimum Gasteiger partial charge on any atom is -0.398 e. The molecule has 0 bridgehead atoms. The van der Waals surface area contributed by atoms with Crippen LogP contribution in [0.15, 0.2) is 24.4 Å². The van der Waals surface area contributed by atoms with Crippen molar-refractivity contribution in [3.63, 3.8) is 0 Å². The molecule has 0 radical (unpaired) electrons. The van der Waals surface area contributed by atoms with Crippen LogP contribution in [0.25, 0.3) is 10.9 Å². The van der Waals surface area contributed by atoms with Crippen molar-refractivity contribution >= 4 is 16.6 Å². The standard InChI is InChI=1S/C17H26N4/c1-13(2)10-20-8-4-5-14(11-20)12-21-17-7-3-6-16(18)15(17)9-19-21/h3,6-7,9,13-14H,4-5,8,10-12,18H2,1-2H3/t14-/m1/s1. The monoisotopic (exact) mass is 286 g/mol. The second kappa shape index (κ2) is 6.06. The van der Waals surface area contributed by atoms with Crippen LogP contribution in [-0.2, 0) is 6.54 Å². The smallest absolute Gasteiger partial charge is 0.0703 e. The number of hydrogen-bond acceptors (Lipinski definition) is 3. The third-order valence-electron chi connectivity index (χ3n) is 4.38. The van der Waals surface area contributed by atoms with Crippen molar-refractivity contribution in [3.05, 3.63) is 24.4 Å². The van der Waals surface area contributed by atoms with E-state index in [0.29, 0.717) is 5.92 Å². The topological polar surface area (TPSA) is 47.1 Å². The molecule has 2 aromatic rings. The van der Waals surface area contributed by atoms with E-state index in [1.807, 2.05) is 18.3 Å². The van der Waals surface area contributed by atoms with Gasteiger partial charge in [0.2, 0.25) is 0 Å². The average molecular weight is 286 g/mol. The maximum atomic E-state index is 6.02. The van der Waals surface area contributed by atoms with Gasteiger partial charge in [-0.25, -0.2) is 0 Å². The van der Waals surface area contributed by atoms with Gasteiger partial charge in [0.05, 0.1) is 11.7 Å². The van der Waals surface area contributed by atoms with Gasteiger partial charge in [0.15, 0.2) is 0 Å². The molecule has 0 unspecified atom stereocenters. The highest BCUT2D eigenvalue weighted by molar-refractivity contribution is 5.90. The Balaban J connectivity index is 1.71. The summed E-state index contributed by atoms with van der Waals surface area (Å²) in [5, 5.41) is 5.63. The fourth-order valence-electron chi connectivity index (χ4n) is 3.50. The number of nitrogen functional groups attached to an aromatic ring is 1. The third-order valence-corrected chi connectivity index (χ3v) is 4.38. The maximum absolute atomic E-state index is 6.02. The molecule has 0 saturated carbocycles. The summed E-state index contributed by atoms with van der Waals surface area (Å²) in [6, 6.07) is 6.08. The van der Waals surface area contributed by atoms with E-state index in [2.05, 4.69) is 34.6 Å². The molecular formula is C17H26N4. The lowest BCUT2D eigenvalue weighted by Gasteiger charge is -2.33. The van der Waals surface area contributed by atoms with E-state index in [9.17, 15) is 0 Å². The number of nitrogens with two attached hydrogens (primary N) is 1. The Kier molecular flexibility index (Phi) is 4.15. The second-order valence-electron chi connectivity index (χ2n) is 6.77. The Labute approximate surface area is 126 Å². The summed E-state index contributed by atoms with van der Waals surface area (Å²) in [6.45, 7) is 9.26. The van der Waals surface area contributed by atoms with Crippen LogP contribution in [-0.4, -0.2) is 34.3 Å². The van der Waals surface area contributed by atoms with Crippen molar-refractivity contribution in [3.8, 4) is 0 Å². The van der Waals surface area contributed by atoms with Crippen LogP contribution in [0.2, 0.25) is 0 Å². The van der Waals surface area contributed by atoms with E-state index in [-0.39, 0.29) is 0 Å². The largest absolute Gasteiger partial charge is 0.398 e. The minimum absolute atomic E-state index is 0.696. The van der Waals surface area contributed by atoms with Gasteiger partial charge >= 0.3 is 0 Å². The predicted molar refractivity (Wildman–Crippen MR) is 88.1 cm³/mol. The number of likely N-dealkylation sites (tertiary alicyclic amines) is 1. The van der Waals surface area contributed by atoms with Crippen molar-refractivity contribution < 1.29 is 0 Å². The molecule has 2 N–H and O–H groups in total. The van der Waals surface area contributed by atoms with Crippen LogP contribution in [0.4, 0.5) is 5.69 Å². The van der Waals surface area contributed by atoms with E-state index in [1.165, 1.54) is 32.5 Å². The molecule has 0 spiro atoms. The first-order valence-electron chi connectivity index (χ1n) is 8.06. The van der Waals surface area contributed by atoms with Gasteiger partial charge in [-0.2, -0.15) is 5.10 Å². The zero-order valence-corrected chi connectivity index (χ0v) is 13.1. The van der Waals surface area contributed by atoms with Crippen LogP contribution in [0.5, 0.6) is 0 Å². The lowest BCUT2D eigenvalue weighted by molar-refractivity contribution is 0.147. The molecule has 0 aliphatic carbocycles. The molecule has 1 aliphatic heterocycles. The molecular weight excluding hydrogens is 260 g/mol. The number of benzene rings is 1. The molecule has 4 heteroatoms. The molecule has 1 atom stereocenters. The van der Waals surface area contributed by atoms with E-state index in [0.717, 1.165) is 29.1 Å². The van der Waals surface area contributed by atoms with Gasteiger partial charge in [0.25, 0.3) is 0 Å². The van der Waals surface area contributed by atoms with Crippen molar-refractivity contribution in [1.82, 2.24) is 14.7 Å². The first-order valence-corrected chi connectivity index (χ1v) is 8.06. The number of rotatable bonds is 4. The molecule has 0 amide bonds. The number of piperidine rings is 1. The lowest BCUT2D eigenvalue weighted by Crippen LogP contribution is -2.39. The average Bonchev–Trinajstić information content (AvgIpc) is 2.83. The second-order valence-corrected chi connectivity index (χ2v) is 6.77. The predicted octanol–water partition coefficient (Wildman–Crippen LogP) is 2.99. The first-order chi connectivity index (χ1) is 10.1. The number of anilines is 1. The summed E-state index contributed by atoms with van der Waals surface area (Å²) in [4.78, 5) is 2.61. The van der Waals surface area contributed by atoms with Crippen LogP contribution >= 0.6 is 0 Å². The summed E-state index contributed by atoms with van der Waals surface area (Å²) >= 11 is 0. The van der Waals surface area contributed by atoms with Gasteiger partial charge in [0, 0.05) is 30.7 Å². The number of nitrogens with zero attached hydrogens (tertiary/aromatic N) is 3. The molecule has 21 heavy (non-hydrogen) atoms. The molecule has 1 aromatic heterocycles. The summed E-state index contributed by atoms with van der Waals surface area (Å²) in [5.41, 5.74) is 8.00. The quantitative estimate of drug-likeness (QED) is 0.879. The van der Waals surface area contributed by atoms with E-state index in [1.54, 1.807) is 0 Å². The Bertz CT molecular complexity index is 602. The fraction of sp³-hybridized carbons (Fsp3) is 0.588. The van der Waals surface area contributed by atoms with Gasteiger partial charge in [0.1, 0.15) is 0 Å². The number of aromatic nitrogens is 2. The van der Waals surface area contributed by atoms with Crippen LogP contribution in [0.3, 0.4) is 0 Å². The highest BCUT2D eigenvalue weighted by Gasteiger charge is 2.21. The molecule has 2 heterocycles. The van der Waals surface area contributed by atoms with Crippen molar-refractivity contribution in [2.45, 2.75) is 33.2 Å². The molecule has 1 aromatic carbocycles. The first kappa shape index (κ1) is 14.4. The van der Waals surface area contributed by atoms with Gasteiger partial charge in [-0.3, -0.25) is 4.68 Å². The number of fused-ring (bicyclic) bond motifs is 1. The van der Waals surface area contributed by atoms with Crippen LogP contribution in [0, 0.1) is 11.8 Å². The molecule has 1 aliphatic rings.